The molecule has 0 saturated carbocycles. The maximum Gasteiger partial charge on any atom is 0.121 e. The second kappa shape index (κ2) is 8.44. The molecule has 0 radical (unpaired) electrons. The first-order valence-electron chi connectivity index (χ1n) is 7.92. The van der Waals surface area contributed by atoms with E-state index in [1.54, 1.807) is 0 Å². The molecule has 2 aromatic carbocycles. The maximum atomic E-state index is 10.1. The smallest absolute Gasteiger partial charge is 0.121 e. The molecule has 0 heterocycles. The highest BCUT2D eigenvalue weighted by Crippen LogP contribution is 2.23. The van der Waals surface area contributed by atoms with Gasteiger partial charge in [0.05, 0.1) is 12.7 Å². The average molecular weight is 299 g/mol. The van der Waals surface area contributed by atoms with Gasteiger partial charge >= 0.3 is 0 Å². The number of aliphatic hydroxyl groups excluding tert-OH is 1. The molecule has 3 nitrogen and oxygen atoms in total. The molecule has 2 aromatic rings. The van der Waals surface area contributed by atoms with Crippen molar-refractivity contribution in [1.82, 2.24) is 0 Å². The van der Waals surface area contributed by atoms with Gasteiger partial charge in [0, 0.05) is 24.8 Å². The summed E-state index contributed by atoms with van der Waals surface area (Å²) in [7, 11) is 0. The number of benzene rings is 2. The van der Waals surface area contributed by atoms with Crippen molar-refractivity contribution in [3.05, 3.63) is 60.2 Å². The Morgan fingerprint density at radius 3 is 2.50 bits per heavy atom. The van der Waals surface area contributed by atoms with Gasteiger partial charge in [-0.1, -0.05) is 43.3 Å². The Morgan fingerprint density at radius 2 is 1.82 bits per heavy atom. The van der Waals surface area contributed by atoms with E-state index in [-0.39, 0.29) is 6.10 Å². The summed E-state index contributed by atoms with van der Waals surface area (Å²) in [5.74, 6) is 0.865. The summed E-state index contributed by atoms with van der Waals surface area (Å²) in [5, 5.41) is 10.1. The van der Waals surface area contributed by atoms with Crippen LogP contribution in [0.3, 0.4) is 0 Å². The Kier molecular flexibility index (Phi) is 6.28. The van der Waals surface area contributed by atoms with Crippen LogP contribution in [0.1, 0.15) is 25.8 Å². The lowest BCUT2D eigenvalue weighted by atomic mass is 10.1. The summed E-state index contributed by atoms with van der Waals surface area (Å²) >= 11 is 0. The molecule has 0 aliphatic heterocycles. The van der Waals surface area contributed by atoms with Crippen LogP contribution in [0.4, 0.5) is 5.69 Å². The van der Waals surface area contributed by atoms with E-state index in [9.17, 15) is 5.11 Å². The average Bonchev–Trinajstić information content (AvgIpc) is 2.55. The molecule has 118 valence electrons. The quantitative estimate of drug-likeness (QED) is 0.803. The van der Waals surface area contributed by atoms with Crippen LogP contribution in [-0.4, -0.2) is 24.4 Å². The van der Waals surface area contributed by atoms with Gasteiger partial charge in [0.25, 0.3) is 0 Å². The Morgan fingerprint density at radius 1 is 1.05 bits per heavy atom. The largest absolute Gasteiger partial charge is 0.494 e. The van der Waals surface area contributed by atoms with E-state index in [1.807, 2.05) is 50.2 Å². The molecule has 2 rings (SSSR count). The first kappa shape index (κ1) is 16.4. The van der Waals surface area contributed by atoms with E-state index < -0.39 is 0 Å². The number of rotatable bonds is 8. The molecule has 0 aliphatic carbocycles. The van der Waals surface area contributed by atoms with Gasteiger partial charge in [0.15, 0.2) is 0 Å². The topological polar surface area (TPSA) is 32.7 Å². The minimum absolute atomic E-state index is 0.334. The Labute approximate surface area is 133 Å². The molecule has 0 aromatic heterocycles. The number of aliphatic hydroxyl groups is 1. The van der Waals surface area contributed by atoms with Crippen molar-refractivity contribution in [2.75, 3.05) is 18.1 Å². The van der Waals surface area contributed by atoms with Crippen molar-refractivity contribution in [1.29, 1.82) is 0 Å². The molecule has 0 saturated heterocycles. The Bertz CT molecular complexity index is 556. The molecule has 0 bridgehead atoms. The molecular formula is C19H25NO2. The SMILES string of the molecule is CCOc1cccc(N(Cc2ccccc2)CC(O)CC)c1. The van der Waals surface area contributed by atoms with E-state index in [1.165, 1.54) is 5.56 Å². The highest BCUT2D eigenvalue weighted by molar-refractivity contribution is 5.51. The summed E-state index contributed by atoms with van der Waals surface area (Å²) < 4.78 is 5.59. The molecule has 1 atom stereocenters. The number of ether oxygens (including phenoxy) is 1. The fraction of sp³-hybridized carbons (Fsp3) is 0.368. The van der Waals surface area contributed by atoms with Gasteiger partial charge < -0.3 is 14.7 Å². The second-order valence-corrected chi connectivity index (χ2v) is 5.36. The van der Waals surface area contributed by atoms with Gasteiger partial charge in [0.2, 0.25) is 0 Å². The summed E-state index contributed by atoms with van der Waals surface area (Å²) in [4.78, 5) is 2.20. The van der Waals surface area contributed by atoms with Crippen LogP contribution in [0.25, 0.3) is 0 Å². The molecule has 1 N–H and O–H groups in total. The second-order valence-electron chi connectivity index (χ2n) is 5.36. The van der Waals surface area contributed by atoms with Gasteiger partial charge in [-0.3, -0.25) is 0 Å². The number of anilines is 1. The number of nitrogens with zero attached hydrogens (tertiary/aromatic N) is 1. The lowest BCUT2D eigenvalue weighted by molar-refractivity contribution is 0.175. The molecule has 0 aliphatic rings. The van der Waals surface area contributed by atoms with Crippen LogP contribution in [0.15, 0.2) is 54.6 Å². The van der Waals surface area contributed by atoms with Crippen LogP contribution < -0.4 is 9.64 Å². The van der Waals surface area contributed by atoms with Crippen LogP contribution in [0.5, 0.6) is 5.75 Å². The molecule has 0 fully saturated rings. The van der Waals surface area contributed by atoms with Gasteiger partial charge in [-0.05, 0) is 31.0 Å². The zero-order chi connectivity index (χ0) is 15.8. The predicted molar refractivity (Wildman–Crippen MR) is 91.4 cm³/mol. The highest BCUT2D eigenvalue weighted by Gasteiger charge is 2.12. The standard InChI is InChI=1S/C19H25NO2/c1-3-18(21)15-20(14-16-9-6-5-7-10-16)17-11-8-12-19(13-17)22-4-2/h5-13,18,21H,3-4,14-15H2,1-2H3. The zero-order valence-electron chi connectivity index (χ0n) is 13.4. The summed E-state index contributed by atoms with van der Waals surface area (Å²) in [6.07, 6.45) is 0.413. The van der Waals surface area contributed by atoms with Crippen LogP contribution >= 0.6 is 0 Å². The normalized spacial score (nSPS) is 12.0. The van der Waals surface area contributed by atoms with Crippen molar-refractivity contribution in [3.8, 4) is 5.75 Å². The fourth-order valence-electron chi connectivity index (χ4n) is 2.39. The summed E-state index contributed by atoms with van der Waals surface area (Å²) in [6, 6.07) is 18.4. The third kappa shape index (κ3) is 4.78. The highest BCUT2D eigenvalue weighted by atomic mass is 16.5. The molecule has 22 heavy (non-hydrogen) atoms. The van der Waals surface area contributed by atoms with E-state index >= 15 is 0 Å². The van der Waals surface area contributed by atoms with Gasteiger partial charge in [-0.2, -0.15) is 0 Å². The van der Waals surface area contributed by atoms with Gasteiger partial charge in [-0.25, -0.2) is 0 Å². The Balaban J connectivity index is 2.21. The molecule has 0 amide bonds. The third-order valence-electron chi connectivity index (χ3n) is 3.61. The van der Waals surface area contributed by atoms with Crippen molar-refractivity contribution in [2.45, 2.75) is 32.9 Å². The lowest BCUT2D eigenvalue weighted by Crippen LogP contribution is -2.31. The molecule has 3 heteroatoms. The minimum atomic E-state index is -0.334. The van der Waals surface area contributed by atoms with E-state index in [0.717, 1.165) is 24.4 Å². The van der Waals surface area contributed by atoms with Crippen molar-refractivity contribution >= 4 is 5.69 Å². The fourth-order valence-corrected chi connectivity index (χ4v) is 2.39. The first-order valence-corrected chi connectivity index (χ1v) is 7.92. The van der Waals surface area contributed by atoms with E-state index in [2.05, 4.69) is 23.1 Å². The predicted octanol–water partition coefficient (Wildman–Crippen LogP) is 3.86. The third-order valence-corrected chi connectivity index (χ3v) is 3.61. The molecule has 1 unspecified atom stereocenters. The Hall–Kier alpha value is -2.00. The summed E-state index contributed by atoms with van der Waals surface area (Å²) in [5.41, 5.74) is 2.30. The number of hydrogen-bond acceptors (Lipinski definition) is 3. The summed E-state index contributed by atoms with van der Waals surface area (Å²) in [6.45, 7) is 6.02. The number of hydrogen-bond donors (Lipinski definition) is 1. The van der Waals surface area contributed by atoms with Crippen LogP contribution in [0, 0.1) is 0 Å². The lowest BCUT2D eigenvalue weighted by Gasteiger charge is -2.27. The van der Waals surface area contributed by atoms with Gasteiger partial charge in [-0.15, -0.1) is 0 Å². The van der Waals surface area contributed by atoms with E-state index in [4.69, 9.17) is 4.74 Å². The monoisotopic (exact) mass is 299 g/mol. The molecular weight excluding hydrogens is 274 g/mol. The van der Waals surface area contributed by atoms with E-state index in [0.29, 0.717) is 13.2 Å². The van der Waals surface area contributed by atoms with Crippen molar-refractivity contribution in [2.24, 2.45) is 0 Å². The van der Waals surface area contributed by atoms with Crippen molar-refractivity contribution in [3.63, 3.8) is 0 Å². The van der Waals surface area contributed by atoms with Gasteiger partial charge in [0.1, 0.15) is 5.75 Å². The van der Waals surface area contributed by atoms with Crippen LogP contribution in [0.2, 0.25) is 0 Å². The zero-order valence-corrected chi connectivity index (χ0v) is 13.4. The van der Waals surface area contributed by atoms with Crippen molar-refractivity contribution < 1.29 is 9.84 Å². The first-order chi connectivity index (χ1) is 10.7. The molecule has 0 spiro atoms. The maximum absolute atomic E-state index is 10.1. The van der Waals surface area contributed by atoms with Crippen LogP contribution in [-0.2, 0) is 6.54 Å². The minimum Gasteiger partial charge on any atom is -0.494 e.